The second kappa shape index (κ2) is 7.92. The summed E-state index contributed by atoms with van der Waals surface area (Å²) in [6, 6.07) is 0.0489. The van der Waals surface area contributed by atoms with Crippen molar-refractivity contribution < 1.29 is 22.8 Å². The molecule has 1 heterocycles. The molecule has 1 rings (SSSR count). The number of nitrogens with one attached hydrogen (secondary N) is 2. The summed E-state index contributed by atoms with van der Waals surface area (Å²) < 4.78 is 36.3. The predicted octanol–water partition coefficient (Wildman–Crippen LogP) is 0.572. The molecule has 1 saturated heterocycles. The molecule has 0 aromatic heterocycles. The third kappa shape index (κ3) is 6.09. The molecule has 1 aliphatic heterocycles. The number of aliphatic imine (C=N–C) groups is 1. The zero-order valence-electron chi connectivity index (χ0n) is 15.2. The van der Waals surface area contributed by atoms with E-state index in [1.807, 2.05) is 27.7 Å². The lowest BCUT2D eigenvalue weighted by Gasteiger charge is -2.49. The van der Waals surface area contributed by atoms with Crippen LogP contribution in [0.4, 0.5) is 13.2 Å². The van der Waals surface area contributed by atoms with Crippen molar-refractivity contribution in [1.82, 2.24) is 20.4 Å². The second-order valence-electron chi connectivity index (χ2n) is 6.82. The smallest absolute Gasteiger partial charge is 0.347 e. The van der Waals surface area contributed by atoms with E-state index >= 15 is 0 Å². The van der Waals surface area contributed by atoms with E-state index in [4.69, 9.17) is 0 Å². The van der Waals surface area contributed by atoms with Crippen LogP contribution >= 0.6 is 0 Å². The van der Waals surface area contributed by atoms with Gasteiger partial charge in [0.05, 0.1) is 18.6 Å². The lowest BCUT2D eigenvalue weighted by molar-refractivity contribution is -0.145. The summed E-state index contributed by atoms with van der Waals surface area (Å²) in [4.78, 5) is 31.4. The van der Waals surface area contributed by atoms with Gasteiger partial charge in [-0.15, -0.1) is 0 Å². The Morgan fingerprint density at radius 2 is 1.92 bits per heavy atom. The molecule has 0 atom stereocenters. The number of nitrogens with zero attached hydrogens (tertiary/aromatic N) is 3. The first kappa shape index (κ1) is 21.0. The molecule has 10 heteroatoms. The number of hydrogen-bond donors (Lipinski definition) is 2. The highest BCUT2D eigenvalue weighted by atomic mass is 19.4. The number of carbonyl (C=O) groups is 2. The predicted molar refractivity (Wildman–Crippen MR) is 88.1 cm³/mol. The van der Waals surface area contributed by atoms with E-state index in [2.05, 4.69) is 10.3 Å². The quantitative estimate of drug-likeness (QED) is 0.564. The molecule has 0 bridgehead atoms. The molecule has 1 fully saturated rings. The van der Waals surface area contributed by atoms with Gasteiger partial charge in [-0.05, 0) is 27.7 Å². The zero-order valence-corrected chi connectivity index (χ0v) is 15.2. The van der Waals surface area contributed by atoms with Crippen molar-refractivity contribution in [3.63, 3.8) is 0 Å². The Kier molecular flexibility index (Phi) is 6.67. The van der Waals surface area contributed by atoms with Gasteiger partial charge in [-0.25, -0.2) is 0 Å². The largest absolute Gasteiger partial charge is 0.405 e. The lowest BCUT2D eigenvalue weighted by Crippen LogP contribution is -2.66. The van der Waals surface area contributed by atoms with Crippen molar-refractivity contribution >= 4 is 17.8 Å². The molecule has 144 valence electrons. The van der Waals surface area contributed by atoms with Gasteiger partial charge < -0.3 is 20.4 Å². The molecule has 0 aliphatic carbocycles. The van der Waals surface area contributed by atoms with Crippen molar-refractivity contribution in [3.8, 4) is 0 Å². The summed E-state index contributed by atoms with van der Waals surface area (Å²) in [6.45, 7) is 6.57. The third-order valence-corrected chi connectivity index (χ3v) is 3.75. The minimum absolute atomic E-state index is 0.0489. The van der Waals surface area contributed by atoms with Crippen LogP contribution in [-0.2, 0) is 9.59 Å². The van der Waals surface area contributed by atoms with E-state index in [1.165, 1.54) is 7.05 Å². The lowest BCUT2D eigenvalue weighted by atomic mass is 9.96. The van der Waals surface area contributed by atoms with Gasteiger partial charge in [0.15, 0.2) is 5.96 Å². The molecule has 2 N–H and O–H groups in total. The van der Waals surface area contributed by atoms with Crippen LogP contribution in [0, 0.1) is 0 Å². The highest BCUT2D eigenvalue weighted by Gasteiger charge is 2.40. The van der Waals surface area contributed by atoms with E-state index in [0.29, 0.717) is 12.5 Å². The Morgan fingerprint density at radius 1 is 1.32 bits per heavy atom. The Labute approximate surface area is 145 Å². The summed E-state index contributed by atoms with van der Waals surface area (Å²) in [7, 11) is 1.49. The highest BCUT2D eigenvalue weighted by molar-refractivity contribution is 5.90. The average Bonchev–Trinajstić information content (AvgIpc) is 2.42. The van der Waals surface area contributed by atoms with E-state index < -0.39 is 24.2 Å². The number of alkyl halides is 3. The van der Waals surface area contributed by atoms with Crippen LogP contribution in [0.2, 0.25) is 0 Å². The van der Waals surface area contributed by atoms with Crippen molar-refractivity contribution in [3.05, 3.63) is 0 Å². The Hall–Kier alpha value is -2.00. The van der Waals surface area contributed by atoms with Crippen LogP contribution in [0.15, 0.2) is 4.99 Å². The fraction of sp³-hybridized carbons (Fsp3) is 0.800. The fourth-order valence-corrected chi connectivity index (χ4v) is 3.07. The molecular formula is C15H26F3N5O2. The molecule has 0 aromatic carbocycles. The number of rotatable bonds is 4. The van der Waals surface area contributed by atoms with Crippen molar-refractivity contribution in [2.45, 2.75) is 45.5 Å². The monoisotopic (exact) mass is 365 g/mol. The van der Waals surface area contributed by atoms with Crippen LogP contribution in [0.5, 0.6) is 0 Å². The van der Waals surface area contributed by atoms with E-state index in [1.54, 1.807) is 15.1 Å². The standard InChI is InChI=1S/C15H26F3N5O2/c1-10(2)23-12(25)7-22(9-14(23,3)4)13(19-5)20-6-11(24)21-8-15(16,17)18/h10H,6-9H2,1-5H3,(H,19,20)(H,21,24). The third-order valence-electron chi connectivity index (χ3n) is 3.75. The van der Waals surface area contributed by atoms with Crippen LogP contribution in [0.1, 0.15) is 27.7 Å². The Balaban J connectivity index is 2.67. The first-order valence-electron chi connectivity index (χ1n) is 7.98. The molecule has 2 amide bonds. The molecule has 0 saturated carbocycles. The van der Waals surface area contributed by atoms with Crippen molar-refractivity contribution in [1.29, 1.82) is 0 Å². The summed E-state index contributed by atoms with van der Waals surface area (Å²) >= 11 is 0. The SMILES string of the molecule is CN=C(NCC(=O)NCC(F)(F)F)N1CC(=O)N(C(C)C)C(C)(C)C1. The van der Waals surface area contributed by atoms with Gasteiger partial charge in [0.1, 0.15) is 6.54 Å². The van der Waals surface area contributed by atoms with Gasteiger partial charge >= 0.3 is 6.18 Å². The number of carbonyl (C=O) groups excluding carboxylic acids is 2. The molecule has 0 aromatic rings. The Morgan fingerprint density at radius 3 is 2.36 bits per heavy atom. The fourth-order valence-electron chi connectivity index (χ4n) is 3.07. The van der Waals surface area contributed by atoms with E-state index in [0.717, 1.165) is 0 Å². The van der Waals surface area contributed by atoms with Gasteiger partial charge in [-0.3, -0.25) is 14.6 Å². The van der Waals surface area contributed by atoms with E-state index in [-0.39, 0.29) is 25.0 Å². The van der Waals surface area contributed by atoms with Gasteiger partial charge in [-0.1, -0.05) is 0 Å². The number of halogens is 3. The molecular weight excluding hydrogens is 339 g/mol. The number of hydrogen-bond acceptors (Lipinski definition) is 3. The van der Waals surface area contributed by atoms with E-state index in [9.17, 15) is 22.8 Å². The van der Waals surface area contributed by atoms with Gasteiger partial charge in [-0.2, -0.15) is 13.2 Å². The van der Waals surface area contributed by atoms with Gasteiger partial charge in [0, 0.05) is 19.6 Å². The molecule has 0 unspecified atom stereocenters. The van der Waals surface area contributed by atoms with Crippen LogP contribution in [-0.4, -0.2) is 78.6 Å². The highest BCUT2D eigenvalue weighted by Crippen LogP contribution is 2.24. The van der Waals surface area contributed by atoms with Crippen LogP contribution in [0.25, 0.3) is 0 Å². The molecule has 1 aliphatic rings. The summed E-state index contributed by atoms with van der Waals surface area (Å²) in [5.41, 5.74) is -0.445. The first-order valence-corrected chi connectivity index (χ1v) is 7.98. The van der Waals surface area contributed by atoms with Crippen molar-refractivity contribution in [2.24, 2.45) is 4.99 Å². The normalized spacial score (nSPS) is 18.6. The van der Waals surface area contributed by atoms with Crippen LogP contribution < -0.4 is 10.6 Å². The van der Waals surface area contributed by atoms with Gasteiger partial charge in [0.25, 0.3) is 0 Å². The number of piperazine rings is 1. The first-order chi connectivity index (χ1) is 11.4. The maximum Gasteiger partial charge on any atom is 0.405 e. The average molecular weight is 365 g/mol. The molecule has 25 heavy (non-hydrogen) atoms. The molecule has 0 spiro atoms. The van der Waals surface area contributed by atoms with Crippen LogP contribution in [0.3, 0.4) is 0 Å². The second-order valence-corrected chi connectivity index (χ2v) is 6.82. The maximum absolute atomic E-state index is 12.4. The molecule has 7 nitrogen and oxygen atoms in total. The van der Waals surface area contributed by atoms with Gasteiger partial charge in [0.2, 0.25) is 11.8 Å². The Bertz CT molecular complexity index is 532. The summed E-state index contributed by atoms with van der Waals surface area (Å²) in [5.74, 6) is -0.576. The molecule has 0 radical (unpaired) electrons. The minimum atomic E-state index is -4.46. The summed E-state index contributed by atoms with van der Waals surface area (Å²) in [6.07, 6.45) is -4.46. The zero-order chi connectivity index (χ0) is 19.4. The number of guanidine groups is 1. The van der Waals surface area contributed by atoms with Crippen molar-refractivity contribution in [2.75, 3.05) is 33.2 Å². The minimum Gasteiger partial charge on any atom is -0.347 e. The maximum atomic E-state index is 12.4. The number of amides is 2. The summed E-state index contributed by atoms with van der Waals surface area (Å²) in [5, 5.41) is 4.48. The topological polar surface area (TPSA) is 77.0 Å².